The first-order chi connectivity index (χ1) is 13.5. The Morgan fingerprint density at radius 2 is 2.00 bits per heavy atom. The van der Waals surface area contributed by atoms with Crippen LogP contribution in [0, 0.1) is 19.7 Å². The number of hydrogen-bond donors (Lipinski definition) is 1. The molecule has 1 atom stereocenters. The Morgan fingerprint density at radius 1 is 1.21 bits per heavy atom. The molecule has 1 amide bonds. The second kappa shape index (κ2) is 9.06. The van der Waals surface area contributed by atoms with E-state index in [4.69, 9.17) is 0 Å². The highest BCUT2D eigenvalue weighted by Crippen LogP contribution is 2.24. The lowest BCUT2D eigenvalue weighted by molar-refractivity contribution is -0.121. The first-order valence-electron chi connectivity index (χ1n) is 9.17. The lowest BCUT2D eigenvalue weighted by Crippen LogP contribution is -2.31. The SMILES string of the molecule is Cc1ccc(SCCC(=O)NC(c2ccccc2F)c2nccn2C)cc1C. The number of aromatic nitrogens is 2. The molecule has 6 heteroatoms. The van der Waals surface area contributed by atoms with Gasteiger partial charge >= 0.3 is 0 Å². The molecular formula is C22H24FN3OS. The Morgan fingerprint density at radius 3 is 2.68 bits per heavy atom. The maximum absolute atomic E-state index is 14.4. The molecular weight excluding hydrogens is 373 g/mol. The lowest BCUT2D eigenvalue weighted by atomic mass is 10.1. The fraction of sp³-hybridized carbons (Fsp3) is 0.273. The fourth-order valence-corrected chi connectivity index (χ4v) is 3.89. The van der Waals surface area contributed by atoms with Crippen molar-refractivity contribution in [2.24, 2.45) is 7.05 Å². The Kier molecular flexibility index (Phi) is 6.52. The molecule has 1 unspecified atom stereocenters. The lowest BCUT2D eigenvalue weighted by Gasteiger charge is -2.19. The highest BCUT2D eigenvalue weighted by atomic mass is 32.2. The second-order valence-electron chi connectivity index (χ2n) is 6.76. The maximum Gasteiger partial charge on any atom is 0.221 e. The summed E-state index contributed by atoms with van der Waals surface area (Å²) < 4.78 is 16.2. The van der Waals surface area contributed by atoms with Crippen molar-refractivity contribution in [1.82, 2.24) is 14.9 Å². The monoisotopic (exact) mass is 397 g/mol. The van der Waals surface area contributed by atoms with Gasteiger partial charge in [0.15, 0.2) is 0 Å². The Balaban J connectivity index is 1.67. The molecule has 0 fully saturated rings. The van der Waals surface area contributed by atoms with Gasteiger partial charge in [-0.2, -0.15) is 0 Å². The van der Waals surface area contributed by atoms with Crippen molar-refractivity contribution < 1.29 is 9.18 Å². The number of nitrogens with one attached hydrogen (secondary N) is 1. The molecule has 0 aliphatic rings. The van der Waals surface area contributed by atoms with Gasteiger partial charge in [0, 0.05) is 42.1 Å². The molecule has 1 heterocycles. The van der Waals surface area contributed by atoms with E-state index in [1.54, 1.807) is 46.9 Å². The number of benzene rings is 2. The molecule has 3 rings (SSSR count). The van der Waals surface area contributed by atoms with Crippen molar-refractivity contribution in [2.45, 2.75) is 31.2 Å². The van der Waals surface area contributed by atoms with Crippen LogP contribution in [0.2, 0.25) is 0 Å². The first-order valence-corrected chi connectivity index (χ1v) is 10.2. The van der Waals surface area contributed by atoms with E-state index >= 15 is 0 Å². The van der Waals surface area contributed by atoms with Crippen LogP contribution in [-0.2, 0) is 11.8 Å². The molecule has 3 aromatic rings. The minimum atomic E-state index is -0.625. The highest BCUT2D eigenvalue weighted by molar-refractivity contribution is 7.99. The molecule has 0 aliphatic carbocycles. The first kappa shape index (κ1) is 20.1. The molecule has 146 valence electrons. The van der Waals surface area contributed by atoms with Gasteiger partial charge in [0.05, 0.1) is 0 Å². The molecule has 0 saturated carbocycles. The predicted octanol–water partition coefficient (Wildman–Crippen LogP) is 4.56. The van der Waals surface area contributed by atoms with Gasteiger partial charge in [-0.25, -0.2) is 9.37 Å². The highest BCUT2D eigenvalue weighted by Gasteiger charge is 2.23. The van der Waals surface area contributed by atoms with E-state index < -0.39 is 6.04 Å². The number of amides is 1. The third-order valence-corrected chi connectivity index (χ3v) is 5.71. The van der Waals surface area contributed by atoms with Crippen molar-refractivity contribution in [1.29, 1.82) is 0 Å². The Labute approximate surface area is 169 Å². The number of imidazole rings is 1. The van der Waals surface area contributed by atoms with Crippen LogP contribution in [0.5, 0.6) is 0 Å². The number of thioether (sulfide) groups is 1. The molecule has 0 bridgehead atoms. The van der Waals surface area contributed by atoms with Crippen LogP contribution >= 0.6 is 11.8 Å². The van der Waals surface area contributed by atoms with E-state index in [0.717, 1.165) is 4.90 Å². The van der Waals surface area contributed by atoms with Gasteiger partial charge in [-0.15, -0.1) is 11.8 Å². The summed E-state index contributed by atoms with van der Waals surface area (Å²) in [5.41, 5.74) is 2.90. The summed E-state index contributed by atoms with van der Waals surface area (Å²) in [7, 11) is 1.83. The summed E-state index contributed by atoms with van der Waals surface area (Å²) in [5.74, 6) is 0.756. The zero-order valence-corrected chi connectivity index (χ0v) is 17.1. The van der Waals surface area contributed by atoms with Gasteiger partial charge in [0.2, 0.25) is 5.91 Å². The summed E-state index contributed by atoms with van der Waals surface area (Å²) >= 11 is 1.64. The largest absolute Gasteiger partial charge is 0.342 e. The van der Waals surface area contributed by atoms with Crippen LogP contribution in [0.25, 0.3) is 0 Å². The van der Waals surface area contributed by atoms with Crippen LogP contribution in [0.4, 0.5) is 4.39 Å². The van der Waals surface area contributed by atoms with Gasteiger partial charge in [-0.1, -0.05) is 24.3 Å². The second-order valence-corrected chi connectivity index (χ2v) is 7.93. The zero-order chi connectivity index (χ0) is 20.1. The summed E-state index contributed by atoms with van der Waals surface area (Å²) in [6.45, 7) is 4.16. The van der Waals surface area contributed by atoms with E-state index in [-0.39, 0.29) is 11.7 Å². The third kappa shape index (κ3) is 4.81. The van der Waals surface area contributed by atoms with E-state index in [2.05, 4.69) is 42.3 Å². The van der Waals surface area contributed by atoms with Crippen LogP contribution in [0.15, 0.2) is 59.8 Å². The standard InChI is InChI=1S/C22H24FN3OS/c1-15-8-9-17(14-16(15)2)28-13-10-20(27)25-21(22-24-11-12-26(22)3)18-6-4-5-7-19(18)23/h4-9,11-12,14,21H,10,13H2,1-3H3,(H,25,27). The average molecular weight is 398 g/mol. The molecule has 4 nitrogen and oxygen atoms in total. The Bertz CT molecular complexity index is 970. The number of halogens is 1. The molecule has 28 heavy (non-hydrogen) atoms. The maximum atomic E-state index is 14.4. The molecule has 2 aromatic carbocycles. The van der Waals surface area contributed by atoms with Crippen molar-refractivity contribution in [3.63, 3.8) is 0 Å². The topological polar surface area (TPSA) is 46.9 Å². The minimum absolute atomic E-state index is 0.132. The van der Waals surface area contributed by atoms with Crippen LogP contribution in [0.3, 0.4) is 0 Å². The fourth-order valence-electron chi connectivity index (χ4n) is 2.94. The minimum Gasteiger partial charge on any atom is -0.342 e. The normalized spacial score (nSPS) is 12.0. The molecule has 0 aliphatic heterocycles. The number of hydrogen-bond acceptors (Lipinski definition) is 3. The predicted molar refractivity (Wildman–Crippen MR) is 111 cm³/mol. The van der Waals surface area contributed by atoms with Gasteiger partial charge in [0.1, 0.15) is 17.7 Å². The number of nitrogens with zero attached hydrogens (tertiary/aromatic N) is 2. The summed E-state index contributed by atoms with van der Waals surface area (Å²) in [5, 5.41) is 2.95. The zero-order valence-electron chi connectivity index (χ0n) is 16.3. The number of aryl methyl sites for hydroxylation is 3. The third-order valence-electron chi connectivity index (χ3n) is 4.71. The average Bonchev–Trinajstić information content (AvgIpc) is 3.09. The Hall–Kier alpha value is -2.60. The van der Waals surface area contributed by atoms with Crippen LogP contribution in [0.1, 0.15) is 35.0 Å². The smallest absolute Gasteiger partial charge is 0.221 e. The number of rotatable bonds is 7. The van der Waals surface area contributed by atoms with E-state index in [1.807, 2.05) is 7.05 Å². The van der Waals surface area contributed by atoms with Crippen LogP contribution < -0.4 is 5.32 Å². The number of carbonyl (C=O) groups is 1. The molecule has 0 saturated heterocycles. The van der Waals surface area contributed by atoms with Crippen LogP contribution in [-0.4, -0.2) is 21.2 Å². The summed E-state index contributed by atoms with van der Waals surface area (Å²) in [6, 6.07) is 12.1. The van der Waals surface area contributed by atoms with Gasteiger partial charge in [-0.05, 0) is 43.2 Å². The van der Waals surface area contributed by atoms with Gasteiger partial charge in [0.25, 0.3) is 0 Å². The van der Waals surface area contributed by atoms with E-state index in [1.165, 1.54) is 17.2 Å². The summed E-state index contributed by atoms with van der Waals surface area (Å²) in [4.78, 5) is 18.0. The number of carbonyl (C=O) groups excluding carboxylic acids is 1. The summed E-state index contributed by atoms with van der Waals surface area (Å²) in [6.07, 6.45) is 3.77. The van der Waals surface area contributed by atoms with E-state index in [0.29, 0.717) is 23.6 Å². The molecule has 1 N–H and O–H groups in total. The molecule has 0 radical (unpaired) electrons. The molecule has 0 spiro atoms. The van der Waals surface area contributed by atoms with E-state index in [9.17, 15) is 9.18 Å². The van der Waals surface area contributed by atoms with Crippen molar-refractivity contribution in [3.8, 4) is 0 Å². The van der Waals surface area contributed by atoms with Crippen molar-refractivity contribution in [3.05, 3.63) is 83.2 Å². The quantitative estimate of drug-likeness (QED) is 0.595. The van der Waals surface area contributed by atoms with Crippen molar-refractivity contribution >= 4 is 17.7 Å². The van der Waals surface area contributed by atoms with Crippen molar-refractivity contribution in [2.75, 3.05) is 5.75 Å². The van der Waals surface area contributed by atoms with Gasteiger partial charge < -0.3 is 9.88 Å². The molecule has 1 aromatic heterocycles. The van der Waals surface area contributed by atoms with Gasteiger partial charge in [-0.3, -0.25) is 4.79 Å².